The first-order chi connectivity index (χ1) is 8.49. The van der Waals surface area contributed by atoms with Crippen molar-refractivity contribution in [1.29, 1.82) is 0 Å². The molecule has 2 rings (SSSR count). The first kappa shape index (κ1) is 13.0. The highest BCUT2D eigenvalue weighted by atomic mass is 35.5. The summed E-state index contributed by atoms with van der Waals surface area (Å²) in [5.74, 6) is -1.28. The zero-order valence-corrected chi connectivity index (χ0v) is 10.4. The SMILES string of the molecule is Cc1nc(Cl)c(F)c(N2CCN[C@H](C(=O)O)C2)n1. The van der Waals surface area contributed by atoms with E-state index in [1.807, 2.05) is 0 Å². The van der Waals surface area contributed by atoms with E-state index in [1.165, 1.54) is 0 Å². The predicted octanol–water partition coefficient (Wildman–Crippen LogP) is 0.440. The molecule has 0 amide bonds. The molecule has 0 bridgehead atoms. The Bertz CT molecular complexity index is 485. The first-order valence-corrected chi connectivity index (χ1v) is 5.77. The fourth-order valence-electron chi connectivity index (χ4n) is 1.83. The molecule has 1 aromatic rings. The lowest BCUT2D eigenvalue weighted by Gasteiger charge is -2.32. The third-order valence-electron chi connectivity index (χ3n) is 2.68. The Labute approximate surface area is 108 Å². The maximum atomic E-state index is 13.8. The van der Waals surface area contributed by atoms with Crippen molar-refractivity contribution in [1.82, 2.24) is 15.3 Å². The van der Waals surface area contributed by atoms with E-state index in [0.717, 1.165) is 0 Å². The second-order valence-corrected chi connectivity index (χ2v) is 4.35. The van der Waals surface area contributed by atoms with Gasteiger partial charge in [0, 0.05) is 19.6 Å². The molecule has 0 unspecified atom stereocenters. The zero-order chi connectivity index (χ0) is 13.3. The van der Waals surface area contributed by atoms with Crippen molar-refractivity contribution in [2.45, 2.75) is 13.0 Å². The van der Waals surface area contributed by atoms with Crippen LogP contribution in [0.4, 0.5) is 10.2 Å². The van der Waals surface area contributed by atoms with Crippen LogP contribution in [-0.4, -0.2) is 46.7 Å². The van der Waals surface area contributed by atoms with E-state index in [1.54, 1.807) is 11.8 Å². The van der Waals surface area contributed by atoms with Gasteiger partial charge in [-0.05, 0) is 6.92 Å². The Morgan fingerprint density at radius 3 is 3.00 bits per heavy atom. The van der Waals surface area contributed by atoms with Crippen LogP contribution in [0.3, 0.4) is 0 Å². The van der Waals surface area contributed by atoms with Gasteiger partial charge in [0.05, 0.1) is 0 Å². The van der Waals surface area contributed by atoms with E-state index < -0.39 is 17.8 Å². The number of carboxylic acids is 1. The van der Waals surface area contributed by atoms with Gasteiger partial charge in [-0.1, -0.05) is 11.6 Å². The molecule has 2 heterocycles. The zero-order valence-electron chi connectivity index (χ0n) is 9.65. The molecule has 0 radical (unpaired) electrons. The highest BCUT2D eigenvalue weighted by Crippen LogP contribution is 2.23. The van der Waals surface area contributed by atoms with Crippen LogP contribution < -0.4 is 10.2 Å². The number of rotatable bonds is 2. The molecule has 6 nitrogen and oxygen atoms in total. The van der Waals surface area contributed by atoms with E-state index in [-0.39, 0.29) is 17.5 Å². The molecular weight excluding hydrogens is 263 g/mol. The summed E-state index contributed by atoms with van der Waals surface area (Å²) in [5, 5.41) is 11.5. The van der Waals surface area contributed by atoms with Crippen molar-refractivity contribution < 1.29 is 14.3 Å². The van der Waals surface area contributed by atoms with Crippen LogP contribution in [0, 0.1) is 12.7 Å². The number of aromatic nitrogens is 2. The first-order valence-electron chi connectivity index (χ1n) is 5.40. The fraction of sp³-hybridized carbons (Fsp3) is 0.500. The average molecular weight is 275 g/mol. The number of hydrogen-bond acceptors (Lipinski definition) is 5. The molecule has 1 atom stereocenters. The van der Waals surface area contributed by atoms with Gasteiger partial charge in [0.25, 0.3) is 0 Å². The van der Waals surface area contributed by atoms with Crippen molar-refractivity contribution in [2.75, 3.05) is 24.5 Å². The van der Waals surface area contributed by atoms with Gasteiger partial charge < -0.3 is 15.3 Å². The topological polar surface area (TPSA) is 78.4 Å². The van der Waals surface area contributed by atoms with E-state index in [2.05, 4.69) is 15.3 Å². The minimum atomic E-state index is -0.975. The second kappa shape index (κ2) is 5.03. The van der Waals surface area contributed by atoms with Gasteiger partial charge in [0.15, 0.2) is 11.0 Å². The molecule has 1 aliphatic rings. The number of hydrogen-bond donors (Lipinski definition) is 2. The molecule has 0 aromatic carbocycles. The summed E-state index contributed by atoms with van der Waals surface area (Å²) in [7, 11) is 0. The number of halogens is 2. The van der Waals surface area contributed by atoms with Crippen LogP contribution in [0.25, 0.3) is 0 Å². The Balaban J connectivity index is 2.28. The number of aliphatic carboxylic acids is 1. The second-order valence-electron chi connectivity index (χ2n) is 3.99. The number of aryl methyl sites for hydroxylation is 1. The molecule has 2 N–H and O–H groups in total. The molecule has 1 fully saturated rings. The van der Waals surface area contributed by atoms with Crippen LogP contribution in [0.5, 0.6) is 0 Å². The van der Waals surface area contributed by atoms with Crippen molar-refractivity contribution in [3.05, 3.63) is 16.8 Å². The van der Waals surface area contributed by atoms with Crippen LogP contribution in [0.2, 0.25) is 5.15 Å². The van der Waals surface area contributed by atoms with Crippen molar-refractivity contribution in [3.63, 3.8) is 0 Å². The van der Waals surface area contributed by atoms with E-state index in [4.69, 9.17) is 16.7 Å². The minimum absolute atomic E-state index is 0.0558. The van der Waals surface area contributed by atoms with Crippen molar-refractivity contribution >= 4 is 23.4 Å². The molecule has 8 heteroatoms. The summed E-state index contributed by atoms with van der Waals surface area (Å²) in [5.41, 5.74) is 0. The molecule has 18 heavy (non-hydrogen) atoms. The lowest BCUT2D eigenvalue weighted by Crippen LogP contribution is -2.54. The fourth-order valence-corrected chi connectivity index (χ4v) is 2.03. The standard InChI is InChI=1S/C10H12ClFN4O2/c1-5-14-8(11)7(12)9(15-5)16-3-2-13-6(4-16)10(17)18/h6,13H,2-4H2,1H3,(H,17,18)/t6-/m0/s1. The van der Waals surface area contributed by atoms with Crippen LogP contribution >= 0.6 is 11.6 Å². The van der Waals surface area contributed by atoms with E-state index in [9.17, 15) is 9.18 Å². The number of carboxylic acid groups (broad SMARTS) is 1. The third kappa shape index (κ3) is 2.51. The molecule has 0 saturated carbocycles. The monoisotopic (exact) mass is 274 g/mol. The Morgan fingerprint density at radius 2 is 2.33 bits per heavy atom. The third-order valence-corrected chi connectivity index (χ3v) is 2.93. The van der Waals surface area contributed by atoms with Crippen LogP contribution in [0.1, 0.15) is 5.82 Å². The van der Waals surface area contributed by atoms with E-state index >= 15 is 0 Å². The number of carbonyl (C=O) groups is 1. The summed E-state index contributed by atoms with van der Waals surface area (Å²) in [6.07, 6.45) is 0. The van der Waals surface area contributed by atoms with Gasteiger partial charge in [0.2, 0.25) is 5.82 Å². The Morgan fingerprint density at radius 1 is 1.61 bits per heavy atom. The smallest absolute Gasteiger partial charge is 0.322 e. The van der Waals surface area contributed by atoms with Gasteiger partial charge in [-0.15, -0.1) is 0 Å². The van der Waals surface area contributed by atoms with Gasteiger partial charge in [-0.3, -0.25) is 4.79 Å². The van der Waals surface area contributed by atoms with Gasteiger partial charge in [-0.2, -0.15) is 4.39 Å². The molecule has 1 saturated heterocycles. The highest BCUT2D eigenvalue weighted by Gasteiger charge is 2.28. The summed E-state index contributed by atoms with van der Waals surface area (Å²) < 4.78 is 13.8. The van der Waals surface area contributed by atoms with Crippen molar-refractivity contribution in [3.8, 4) is 0 Å². The summed E-state index contributed by atoms with van der Waals surface area (Å²) in [6, 6.07) is -0.743. The van der Waals surface area contributed by atoms with Gasteiger partial charge in [-0.25, -0.2) is 9.97 Å². The molecule has 1 aliphatic heterocycles. The minimum Gasteiger partial charge on any atom is -0.480 e. The van der Waals surface area contributed by atoms with Crippen molar-refractivity contribution in [2.24, 2.45) is 0 Å². The molecule has 0 aliphatic carbocycles. The number of nitrogens with zero attached hydrogens (tertiary/aromatic N) is 3. The molecular formula is C10H12ClFN4O2. The summed E-state index contributed by atoms with van der Waals surface area (Å²) in [4.78, 5) is 20.2. The maximum absolute atomic E-state index is 13.8. The van der Waals surface area contributed by atoms with Crippen LogP contribution in [0.15, 0.2) is 0 Å². The summed E-state index contributed by atoms with van der Waals surface area (Å²) >= 11 is 5.65. The number of anilines is 1. The molecule has 1 aromatic heterocycles. The maximum Gasteiger partial charge on any atom is 0.322 e. The lowest BCUT2D eigenvalue weighted by molar-refractivity contribution is -0.139. The van der Waals surface area contributed by atoms with Crippen LogP contribution in [-0.2, 0) is 4.79 Å². The predicted molar refractivity (Wildman–Crippen MR) is 63.4 cm³/mol. The molecule has 98 valence electrons. The lowest BCUT2D eigenvalue weighted by atomic mass is 10.2. The van der Waals surface area contributed by atoms with Gasteiger partial charge >= 0.3 is 5.97 Å². The molecule has 0 spiro atoms. The Kier molecular flexibility index (Phi) is 3.63. The average Bonchev–Trinajstić information content (AvgIpc) is 2.34. The number of nitrogens with one attached hydrogen (secondary N) is 1. The van der Waals surface area contributed by atoms with E-state index in [0.29, 0.717) is 18.9 Å². The largest absolute Gasteiger partial charge is 0.480 e. The summed E-state index contributed by atoms with van der Waals surface area (Å²) in [6.45, 7) is 2.65. The Hall–Kier alpha value is -1.47. The number of piperazine rings is 1. The highest BCUT2D eigenvalue weighted by molar-refractivity contribution is 6.29. The van der Waals surface area contributed by atoms with Gasteiger partial charge in [0.1, 0.15) is 11.9 Å². The quantitative estimate of drug-likeness (QED) is 0.762. The normalized spacial score (nSPS) is 19.9.